The lowest BCUT2D eigenvalue weighted by molar-refractivity contribution is -0.00000293. The lowest BCUT2D eigenvalue weighted by Gasteiger charge is -2.01. The first kappa shape index (κ1) is 13.2. The van der Waals surface area contributed by atoms with Gasteiger partial charge in [0.2, 0.25) is 0 Å². The molecule has 2 aromatic carbocycles. The molecule has 0 spiro atoms. The van der Waals surface area contributed by atoms with Crippen molar-refractivity contribution in [1.29, 1.82) is 0 Å². The van der Waals surface area contributed by atoms with Crippen molar-refractivity contribution in [2.75, 3.05) is 0 Å². The molecule has 1 atom stereocenters. The Morgan fingerprint density at radius 1 is 0.875 bits per heavy atom. The van der Waals surface area contributed by atoms with Gasteiger partial charge in [-0.15, -0.1) is 0 Å². The van der Waals surface area contributed by atoms with Crippen LogP contribution in [0.1, 0.15) is 5.56 Å². The van der Waals surface area contributed by atoms with Crippen molar-refractivity contribution in [3.63, 3.8) is 0 Å². The summed E-state index contributed by atoms with van der Waals surface area (Å²) in [6, 6.07) is 19.0. The number of halogens is 1. The lowest BCUT2D eigenvalue weighted by Crippen LogP contribution is -3.00. The van der Waals surface area contributed by atoms with Gasteiger partial charge in [0.1, 0.15) is 0 Å². The quantitative estimate of drug-likeness (QED) is 0.661. The van der Waals surface area contributed by atoms with Gasteiger partial charge in [-0.3, -0.25) is 0 Å². The van der Waals surface area contributed by atoms with Crippen LogP contribution in [0.5, 0.6) is 0 Å². The summed E-state index contributed by atoms with van der Waals surface area (Å²) in [5.41, 5.74) is 6.99. The van der Waals surface area contributed by atoms with E-state index in [9.17, 15) is 0 Å². The van der Waals surface area contributed by atoms with E-state index in [2.05, 4.69) is 54.6 Å². The molecule has 1 unspecified atom stereocenters. The minimum absolute atomic E-state index is 0. The maximum atomic E-state index is 5.72. The number of rotatable bonds is 3. The van der Waals surface area contributed by atoms with Crippen LogP contribution >= 0.6 is 8.58 Å². The molecule has 0 fully saturated rings. The molecule has 0 aliphatic heterocycles. The number of benzene rings is 2. The molecule has 0 saturated carbocycles. The summed E-state index contributed by atoms with van der Waals surface area (Å²) < 4.78 is 0. The fourth-order valence-corrected chi connectivity index (χ4v) is 2.97. The molecule has 1 nitrogen and oxygen atoms in total. The zero-order chi connectivity index (χ0) is 10.5. The molecule has 0 amide bonds. The van der Waals surface area contributed by atoms with Gasteiger partial charge in [-0.2, -0.15) is 0 Å². The van der Waals surface area contributed by atoms with Crippen LogP contribution in [0, 0.1) is 0 Å². The predicted octanol–water partition coefficient (Wildman–Crippen LogP) is -1.49. The highest BCUT2D eigenvalue weighted by molar-refractivity contribution is 7.55. The van der Waals surface area contributed by atoms with E-state index < -0.39 is 0 Å². The monoisotopic (exact) mass is 251 g/mol. The van der Waals surface area contributed by atoms with Crippen LogP contribution in [0.15, 0.2) is 54.6 Å². The third-order valence-corrected chi connectivity index (χ3v) is 3.99. The van der Waals surface area contributed by atoms with Crippen molar-refractivity contribution in [1.82, 2.24) is 0 Å². The van der Waals surface area contributed by atoms with E-state index in [1.807, 2.05) is 0 Å². The molecular formula is C13H15ClNP. The maximum Gasteiger partial charge on any atom is 0.0986 e. The van der Waals surface area contributed by atoms with E-state index in [1.54, 1.807) is 0 Å². The minimum atomic E-state index is 0. The van der Waals surface area contributed by atoms with E-state index in [1.165, 1.54) is 16.2 Å². The van der Waals surface area contributed by atoms with Crippen molar-refractivity contribution in [3.8, 4) is 0 Å². The van der Waals surface area contributed by atoms with Gasteiger partial charge in [0.15, 0.2) is 0 Å². The third kappa shape index (κ3) is 3.31. The first-order valence-electron chi connectivity index (χ1n) is 5.08. The van der Waals surface area contributed by atoms with Gasteiger partial charge < -0.3 is 18.1 Å². The largest absolute Gasteiger partial charge is 1.00 e. The van der Waals surface area contributed by atoms with Gasteiger partial charge in [-0.05, 0) is 18.2 Å². The summed E-state index contributed by atoms with van der Waals surface area (Å²) in [5, 5.41) is 2.82. The molecule has 0 saturated heterocycles. The molecule has 2 N–H and O–H groups in total. The Balaban J connectivity index is 0.00000128. The highest BCUT2D eigenvalue weighted by Gasteiger charge is 2.07. The normalized spacial score (nSPS) is 10.3. The first-order valence-corrected chi connectivity index (χ1v) is 6.23. The molecule has 0 heterocycles. The zero-order valence-corrected chi connectivity index (χ0v) is 10.8. The van der Waals surface area contributed by atoms with Gasteiger partial charge >= 0.3 is 0 Å². The van der Waals surface area contributed by atoms with Crippen LogP contribution in [-0.4, -0.2) is 0 Å². The molecule has 16 heavy (non-hydrogen) atoms. The molecule has 0 radical (unpaired) electrons. The third-order valence-electron chi connectivity index (χ3n) is 2.40. The van der Waals surface area contributed by atoms with Crippen molar-refractivity contribution in [3.05, 3.63) is 60.2 Å². The molecule has 0 bridgehead atoms. The molecule has 84 valence electrons. The second-order valence-electron chi connectivity index (χ2n) is 3.46. The maximum absolute atomic E-state index is 5.72. The molecule has 2 rings (SSSR count). The van der Waals surface area contributed by atoms with Crippen LogP contribution in [0.3, 0.4) is 0 Å². The average Bonchev–Trinajstić information content (AvgIpc) is 2.31. The summed E-state index contributed by atoms with van der Waals surface area (Å²) in [4.78, 5) is 0. The summed E-state index contributed by atoms with van der Waals surface area (Å²) in [6.07, 6.45) is 0. The molecular weight excluding hydrogens is 237 g/mol. The van der Waals surface area contributed by atoms with Crippen molar-refractivity contribution in [2.24, 2.45) is 5.73 Å². The summed E-state index contributed by atoms with van der Waals surface area (Å²) in [7, 11) is 0.174. The van der Waals surface area contributed by atoms with E-state index in [-0.39, 0.29) is 21.0 Å². The van der Waals surface area contributed by atoms with Crippen molar-refractivity contribution >= 4 is 19.2 Å². The van der Waals surface area contributed by atoms with Gasteiger partial charge in [0.05, 0.1) is 19.2 Å². The van der Waals surface area contributed by atoms with Crippen LogP contribution in [0.2, 0.25) is 0 Å². The zero-order valence-electron chi connectivity index (χ0n) is 8.94. The summed E-state index contributed by atoms with van der Waals surface area (Å²) in [6.45, 7) is 0.635. The number of hydrogen-bond acceptors (Lipinski definition) is 1. The van der Waals surface area contributed by atoms with Crippen LogP contribution < -0.4 is 28.7 Å². The minimum Gasteiger partial charge on any atom is -1.00 e. The summed E-state index contributed by atoms with van der Waals surface area (Å²) in [5.74, 6) is 0. The van der Waals surface area contributed by atoms with E-state index in [0.717, 1.165) is 0 Å². The van der Waals surface area contributed by atoms with Crippen LogP contribution in [0.25, 0.3) is 0 Å². The Hall–Kier alpha value is -0.880. The van der Waals surface area contributed by atoms with Crippen molar-refractivity contribution < 1.29 is 12.4 Å². The summed E-state index contributed by atoms with van der Waals surface area (Å²) >= 11 is 0. The average molecular weight is 252 g/mol. The first-order chi connectivity index (χ1) is 7.40. The van der Waals surface area contributed by atoms with E-state index >= 15 is 0 Å². The second-order valence-corrected chi connectivity index (χ2v) is 5.04. The molecule has 0 aliphatic rings. The molecule has 3 heteroatoms. The molecule has 0 aliphatic carbocycles. The van der Waals surface area contributed by atoms with E-state index in [0.29, 0.717) is 6.54 Å². The Morgan fingerprint density at radius 3 is 2.19 bits per heavy atom. The van der Waals surface area contributed by atoms with Gasteiger partial charge in [-0.25, -0.2) is 0 Å². The SMILES string of the molecule is NCc1ccccc1[PH2+]c1ccccc1.[Cl-]. The fourth-order valence-electron chi connectivity index (χ4n) is 1.59. The van der Waals surface area contributed by atoms with Gasteiger partial charge in [0, 0.05) is 12.1 Å². The van der Waals surface area contributed by atoms with Crippen LogP contribution in [0.4, 0.5) is 0 Å². The fraction of sp³-hybridized carbons (Fsp3) is 0.0769. The van der Waals surface area contributed by atoms with Crippen LogP contribution in [-0.2, 0) is 6.54 Å². The lowest BCUT2D eigenvalue weighted by atomic mass is 10.2. The number of nitrogens with two attached hydrogens (primary N) is 1. The molecule has 0 aromatic heterocycles. The Labute approximate surface area is 104 Å². The predicted molar refractivity (Wildman–Crippen MR) is 69.8 cm³/mol. The smallest absolute Gasteiger partial charge is 0.0986 e. The Kier molecular flexibility index (Phi) is 5.48. The number of hydrogen-bond donors (Lipinski definition) is 1. The van der Waals surface area contributed by atoms with Gasteiger partial charge in [-0.1, -0.05) is 36.4 Å². The molecule has 2 aromatic rings. The van der Waals surface area contributed by atoms with E-state index in [4.69, 9.17) is 5.73 Å². The van der Waals surface area contributed by atoms with Crippen molar-refractivity contribution in [2.45, 2.75) is 6.54 Å². The Morgan fingerprint density at radius 2 is 1.50 bits per heavy atom. The Bertz CT molecular complexity index is 431. The highest BCUT2D eigenvalue weighted by Crippen LogP contribution is 2.12. The highest BCUT2D eigenvalue weighted by atomic mass is 35.5. The standard InChI is InChI=1S/C13H14NP.ClH/c14-10-11-6-4-5-9-13(11)15-12-7-2-1-3-8-12;/h1-9,15H,10,14H2;1H. The topological polar surface area (TPSA) is 26.0 Å². The second kappa shape index (κ2) is 6.65. The van der Waals surface area contributed by atoms with Gasteiger partial charge in [0.25, 0.3) is 0 Å².